The number of halogens is 1. The molecule has 1 aliphatic rings. The van der Waals surface area contributed by atoms with Crippen molar-refractivity contribution in [1.29, 1.82) is 5.26 Å². The lowest BCUT2D eigenvalue weighted by Crippen LogP contribution is -2.30. The maximum Gasteiger partial charge on any atom is 0.166 e. The first-order valence-electron chi connectivity index (χ1n) is 6.60. The molecule has 108 valence electrons. The van der Waals surface area contributed by atoms with E-state index in [1.165, 1.54) is 6.20 Å². The molecule has 1 aliphatic heterocycles. The first-order chi connectivity index (χ1) is 9.52. The average Bonchev–Trinajstić information content (AvgIpc) is 2.83. The Morgan fingerprint density at radius 1 is 1.55 bits per heavy atom. The molecule has 1 unspecified atom stereocenters. The molecular weight excluding hydrogens is 278 g/mol. The third-order valence-corrected chi connectivity index (χ3v) is 3.49. The molecule has 2 heterocycles. The highest BCUT2D eigenvalue weighted by Gasteiger charge is 2.32. The van der Waals surface area contributed by atoms with E-state index in [2.05, 4.69) is 17.2 Å². The number of ether oxygens (including phenoxy) is 2. The predicted molar refractivity (Wildman–Crippen MR) is 76.5 cm³/mol. The van der Waals surface area contributed by atoms with Gasteiger partial charge in [-0.25, -0.2) is 4.98 Å². The minimum atomic E-state index is -0.483. The molecule has 1 aromatic heterocycles. The van der Waals surface area contributed by atoms with E-state index >= 15 is 0 Å². The lowest BCUT2D eigenvalue weighted by molar-refractivity contribution is -0.153. The summed E-state index contributed by atoms with van der Waals surface area (Å²) in [4.78, 5) is 4.14. The Morgan fingerprint density at radius 3 is 2.85 bits per heavy atom. The van der Waals surface area contributed by atoms with Gasteiger partial charge in [-0.15, -0.1) is 0 Å². The van der Waals surface area contributed by atoms with Crippen LogP contribution >= 0.6 is 11.6 Å². The van der Waals surface area contributed by atoms with Crippen LogP contribution in [0, 0.1) is 17.2 Å². The lowest BCUT2D eigenvalue weighted by Gasteiger charge is -2.26. The van der Waals surface area contributed by atoms with Crippen LogP contribution < -0.4 is 5.32 Å². The van der Waals surface area contributed by atoms with Crippen molar-refractivity contribution in [2.75, 3.05) is 25.1 Å². The smallest absolute Gasteiger partial charge is 0.166 e. The molecule has 0 aromatic carbocycles. The molecule has 1 atom stereocenters. The fraction of sp³-hybridized carbons (Fsp3) is 0.571. The Balaban J connectivity index is 1.87. The molecule has 0 aliphatic carbocycles. The van der Waals surface area contributed by atoms with Crippen LogP contribution in [0.25, 0.3) is 0 Å². The highest BCUT2D eigenvalue weighted by molar-refractivity contribution is 6.33. The van der Waals surface area contributed by atoms with Crippen LogP contribution in [0.4, 0.5) is 5.82 Å². The van der Waals surface area contributed by atoms with Crippen LogP contribution in [0.1, 0.15) is 25.8 Å². The first kappa shape index (κ1) is 15.0. The molecule has 20 heavy (non-hydrogen) atoms. The molecule has 2 rings (SSSR count). The second-order valence-electron chi connectivity index (χ2n) is 5.19. The van der Waals surface area contributed by atoms with Crippen LogP contribution in [-0.2, 0) is 9.47 Å². The maximum absolute atomic E-state index is 8.76. The standard InChI is InChI=1S/C14H18ClN3O2/c1-10(6-14(2)19-3-4-20-14)8-17-13-12(15)5-11(7-16)9-18-13/h5,9-10H,3-4,6,8H2,1-2H3,(H,17,18). The van der Waals surface area contributed by atoms with E-state index in [0.717, 1.165) is 6.42 Å². The van der Waals surface area contributed by atoms with Crippen molar-refractivity contribution in [1.82, 2.24) is 4.98 Å². The summed E-state index contributed by atoms with van der Waals surface area (Å²) in [5.41, 5.74) is 0.453. The highest BCUT2D eigenvalue weighted by Crippen LogP contribution is 2.27. The van der Waals surface area contributed by atoms with Gasteiger partial charge >= 0.3 is 0 Å². The molecule has 6 heteroatoms. The van der Waals surface area contributed by atoms with Gasteiger partial charge < -0.3 is 14.8 Å². The quantitative estimate of drug-likeness (QED) is 0.905. The summed E-state index contributed by atoms with van der Waals surface area (Å²) in [6.07, 6.45) is 2.30. The van der Waals surface area contributed by atoms with Gasteiger partial charge in [0.25, 0.3) is 0 Å². The third kappa shape index (κ3) is 3.83. The summed E-state index contributed by atoms with van der Waals surface area (Å²) in [6.45, 7) is 6.09. The van der Waals surface area contributed by atoms with E-state index in [4.69, 9.17) is 26.3 Å². The van der Waals surface area contributed by atoms with Crippen LogP contribution in [0.3, 0.4) is 0 Å². The molecule has 0 radical (unpaired) electrons. The van der Waals surface area contributed by atoms with Crippen molar-refractivity contribution in [3.05, 3.63) is 22.8 Å². The molecule has 1 fully saturated rings. The third-order valence-electron chi connectivity index (χ3n) is 3.21. The van der Waals surface area contributed by atoms with E-state index in [-0.39, 0.29) is 0 Å². The largest absolute Gasteiger partial charge is 0.369 e. The van der Waals surface area contributed by atoms with Gasteiger partial charge in [0.2, 0.25) is 0 Å². The van der Waals surface area contributed by atoms with Crippen molar-refractivity contribution < 1.29 is 9.47 Å². The van der Waals surface area contributed by atoms with E-state index in [0.29, 0.717) is 42.1 Å². The number of nitrogens with zero attached hydrogens (tertiary/aromatic N) is 2. The number of pyridine rings is 1. The van der Waals surface area contributed by atoms with Crippen LogP contribution in [0.2, 0.25) is 5.02 Å². The number of nitriles is 1. The zero-order valence-corrected chi connectivity index (χ0v) is 12.4. The topological polar surface area (TPSA) is 67.2 Å². The maximum atomic E-state index is 8.76. The van der Waals surface area contributed by atoms with Gasteiger partial charge in [0.05, 0.1) is 23.8 Å². The van der Waals surface area contributed by atoms with E-state index in [1.54, 1.807) is 6.07 Å². The molecule has 0 amide bonds. The SMILES string of the molecule is CC(CNc1ncc(C#N)cc1Cl)CC1(C)OCCO1. The zero-order valence-electron chi connectivity index (χ0n) is 11.6. The summed E-state index contributed by atoms with van der Waals surface area (Å²) in [5.74, 6) is 0.450. The van der Waals surface area contributed by atoms with Crippen molar-refractivity contribution in [3.63, 3.8) is 0 Å². The Kier molecular flexibility index (Phi) is 4.81. The Hall–Kier alpha value is -1.35. The van der Waals surface area contributed by atoms with Crippen molar-refractivity contribution in [3.8, 4) is 6.07 Å². The molecule has 1 aromatic rings. The Labute approximate surface area is 123 Å². The fourth-order valence-corrected chi connectivity index (χ4v) is 2.51. The van der Waals surface area contributed by atoms with Crippen molar-refractivity contribution >= 4 is 17.4 Å². The normalized spacial score (nSPS) is 18.5. The van der Waals surface area contributed by atoms with Gasteiger partial charge in [-0.3, -0.25) is 0 Å². The van der Waals surface area contributed by atoms with Gasteiger partial charge in [-0.1, -0.05) is 18.5 Å². The van der Waals surface area contributed by atoms with Gasteiger partial charge in [-0.2, -0.15) is 5.26 Å². The van der Waals surface area contributed by atoms with Gasteiger partial charge in [0, 0.05) is 19.2 Å². The number of hydrogen-bond acceptors (Lipinski definition) is 5. The van der Waals surface area contributed by atoms with Gasteiger partial charge in [0.15, 0.2) is 5.79 Å². The molecule has 1 saturated heterocycles. The number of anilines is 1. The zero-order chi connectivity index (χ0) is 14.6. The van der Waals surface area contributed by atoms with Crippen molar-refractivity contribution in [2.24, 2.45) is 5.92 Å². The van der Waals surface area contributed by atoms with E-state index < -0.39 is 5.79 Å². The van der Waals surface area contributed by atoms with Crippen LogP contribution in [-0.4, -0.2) is 30.5 Å². The van der Waals surface area contributed by atoms with E-state index in [1.807, 2.05) is 13.0 Å². The molecular formula is C14H18ClN3O2. The number of aromatic nitrogens is 1. The monoisotopic (exact) mass is 295 g/mol. The molecule has 0 spiro atoms. The van der Waals surface area contributed by atoms with Gasteiger partial charge in [-0.05, 0) is 18.9 Å². The fourth-order valence-electron chi connectivity index (χ4n) is 2.28. The summed E-state index contributed by atoms with van der Waals surface area (Å²) in [6, 6.07) is 3.61. The number of hydrogen-bond donors (Lipinski definition) is 1. The molecule has 0 bridgehead atoms. The van der Waals surface area contributed by atoms with E-state index in [9.17, 15) is 0 Å². The lowest BCUT2D eigenvalue weighted by atomic mass is 10.0. The summed E-state index contributed by atoms with van der Waals surface area (Å²) in [5, 5.41) is 12.4. The second-order valence-corrected chi connectivity index (χ2v) is 5.59. The number of rotatable bonds is 5. The average molecular weight is 296 g/mol. The minimum Gasteiger partial charge on any atom is -0.369 e. The second kappa shape index (κ2) is 6.40. The van der Waals surface area contributed by atoms with Crippen molar-refractivity contribution in [2.45, 2.75) is 26.1 Å². The molecule has 0 saturated carbocycles. The van der Waals surface area contributed by atoms with Crippen LogP contribution in [0.5, 0.6) is 0 Å². The van der Waals surface area contributed by atoms with Gasteiger partial charge in [0.1, 0.15) is 11.9 Å². The summed E-state index contributed by atoms with van der Waals surface area (Å²) >= 11 is 6.06. The summed E-state index contributed by atoms with van der Waals surface area (Å²) < 4.78 is 11.2. The minimum absolute atomic E-state index is 0.339. The Morgan fingerprint density at radius 2 is 2.25 bits per heavy atom. The number of nitrogens with one attached hydrogen (secondary N) is 1. The molecule has 1 N–H and O–H groups in total. The predicted octanol–water partition coefficient (Wildman–Crippen LogP) is 2.81. The Bertz CT molecular complexity index is 510. The van der Waals surface area contributed by atoms with Crippen LogP contribution in [0.15, 0.2) is 12.3 Å². The highest BCUT2D eigenvalue weighted by atomic mass is 35.5. The summed E-state index contributed by atoms with van der Waals surface area (Å²) in [7, 11) is 0. The molecule has 5 nitrogen and oxygen atoms in total. The first-order valence-corrected chi connectivity index (χ1v) is 6.97.